The van der Waals surface area contributed by atoms with Gasteiger partial charge in [-0.05, 0) is 65.9 Å². The zero-order valence-electron chi connectivity index (χ0n) is 23.0. The summed E-state index contributed by atoms with van der Waals surface area (Å²) in [4.78, 5) is 0. The summed E-state index contributed by atoms with van der Waals surface area (Å²) in [6.07, 6.45) is -19.9. The molecule has 1 aliphatic rings. The summed E-state index contributed by atoms with van der Waals surface area (Å²) in [5.41, 5.74) is -2.09. The normalized spacial score (nSPS) is 19.5. The molecule has 3 nitrogen and oxygen atoms in total. The molecule has 0 spiro atoms. The van der Waals surface area contributed by atoms with Crippen LogP contribution >= 0.6 is 0 Å². The van der Waals surface area contributed by atoms with Crippen molar-refractivity contribution >= 4 is 0 Å². The van der Waals surface area contributed by atoms with Gasteiger partial charge in [-0.2, -0.15) is 52.7 Å². The number of benzene rings is 3. The smallest absolute Gasteiger partial charge is 0.343 e. The molecule has 45 heavy (non-hydrogen) atoms. The summed E-state index contributed by atoms with van der Waals surface area (Å²) < 4.78 is 174. The number of hydrogen-bond acceptors (Lipinski definition) is 3. The van der Waals surface area contributed by atoms with E-state index < -0.39 is 82.6 Å². The van der Waals surface area contributed by atoms with Crippen molar-refractivity contribution in [3.8, 4) is 0 Å². The molecule has 0 aromatic heterocycles. The molecule has 0 amide bonds. The molecule has 0 bridgehead atoms. The first-order chi connectivity index (χ1) is 20.6. The van der Waals surface area contributed by atoms with Gasteiger partial charge in [0.15, 0.2) is 5.79 Å². The molecule has 1 atom stereocenters. The van der Waals surface area contributed by atoms with E-state index in [1.54, 1.807) is 30.3 Å². The first kappa shape index (κ1) is 34.6. The first-order valence-electron chi connectivity index (χ1n) is 13.3. The van der Waals surface area contributed by atoms with Crippen LogP contribution in [0.15, 0.2) is 66.7 Å². The highest BCUT2D eigenvalue weighted by Gasteiger charge is 2.54. The minimum atomic E-state index is -5.16. The van der Waals surface area contributed by atoms with Crippen molar-refractivity contribution in [1.82, 2.24) is 0 Å². The van der Waals surface area contributed by atoms with Crippen LogP contribution in [0.2, 0.25) is 0 Å². The van der Waals surface area contributed by atoms with Gasteiger partial charge < -0.3 is 15.2 Å². The zero-order chi connectivity index (χ0) is 33.5. The van der Waals surface area contributed by atoms with E-state index in [0.717, 1.165) is 0 Å². The molecule has 1 saturated carbocycles. The Balaban J connectivity index is 1.79. The standard InChI is InChI=1S/C30H25F12NO2/c31-27(32,33)21-10-18(11-22(14-21)28(34,35)36)16-44-26(9-5-4-8-25(26,43)20-6-2-1-3-7-20)45-17-19-12-23(29(37,38)39)15-24(13-19)30(40,41)42/h1-3,6-7,10-15H,4-5,8-9,16-17,43H2. The van der Waals surface area contributed by atoms with Gasteiger partial charge in [-0.15, -0.1) is 0 Å². The second-order valence-corrected chi connectivity index (χ2v) is 10.7. The number of hydrogen-bond donors (Lipinski definition) is 1. The lowest BCUT2D eigenvalue weighted by molar-refractivity contribution is -0.302. The fraction of sp³-hybridized carbons (Fsp3) is 0.400. The summed E-state index contributed by atoms with van der Waals surface area (Å²) in [6.45, 7) is -1.84. The van der Waals surface area contributed by atoms with Gasteiger partial charge in [0.1, 0.15) is 0 Å². The van der Waals surface area contributed by atoms with Gasteiger partial charge in [0.05, 0.1) is 41.0 Å². The van der Waals surface area contributed by atoms with Gasteiger partial charge >= 0.3 is 24.7 Å². The molecular weight excluding hydrogens is 634 g/mol. The lowest BCUT2D eigenvalue weighted by Gasteiger charge is -2.51. The molecule has 3 aromatic rings. The Morgan fingerprint density at radius 1 is 0.533 bits per heavy atom. The summed E-state index contributed by atoms with van der Waals surface area (Å²) in [7, 11) is 0. The first-order valence-corrected chi connectivity index (χ1v) is 13.3. The molecular formula is C30H25F12NO2. The van der Waals surface area contributed by atoms with Crippen molar-refractivity contribution in [2.75, 3.05) is 0 Å². The minimum absolute atomic E-state index is 0.0700. The molecule has 0 heterocycles. The highest BCUT2D eigenvalue weighted by Crippen LogP contribution is 2.48. The lowest BCUT2D eigenvalue weighted by Crippen LogP contribution is -2.62. The second kappa shape index (κ2) is 12.1. The molecule has 0 aliphatic heterocycles. The third-order valence-corrected chi connectivity index (χ3v) is 7.53. The molecule has 1 unspecified atom stereocenters. The highest BCUT2D eigenvalue weighted by atomic mass is 19.4. The Morgan fingerprint density at radius 3 is 1.24 bits per heavy atom. The van der Waals surface area contributed by atoms with Gasteiger partial charge in [-0.3, -0.25) is 0 Å². The maximum absolute atomic E-state index is 13.5. The third kappa shape index (κ3) is 7.75. The van der Waals surface area contributed by atoms with Crippen molar-refractivity contribution in [3.05, 3.63) is 106 Å². The number of rotatable bonds is 7. The molecule has 0 saturated heterocycles. The molecule has 4 rings (SSSR count). The van der Waals surface area contributed by atoms with Crippen LogP contribution in [0.3, 0.4) is 0 Å². The molecule has 1 aliphatic carbocycles. The SMILES string of the molecule is NC1(c2ccccc2)CCCCC1(OCc1cc(C(F)(F)F)cc(C(F)(F)F)c1)OCc1cc(C(F)(F)F)cc(C(F)(F)F)c1. The van der Waals surface area contributed by atoms with E-state index in [9.17, 15) is 52.7 Å². The summed E-state index contributed by atoms with van der Waals surface area (Å²) in [6, 6.07) is 9.49. The van der Waals surface area contributed by atoms with E-state index in [1.165, 1.54) is 0 Å². The molecule has 2 N–H and O–H groups in total. The average Bonchev–Trinajstić information content (AvgIpc) is 2.94. The minimum Gasteiger partial charge on any atom is -0.343 e. The predicted octanol–water partition coefficient (Wildman–Crippen LogP) is 9.62. The Morgan fingerprint density at radius 2 is 0.889 bits per heavy atom. The van der Waals surface area contributed by atoms with Crippen LogP contribution in [0.4, 0.5) is 52.7 Å². The molecule has 0 radical (unpaired) electrons. The molecule has 3 aromatic carbocycles. The van der Waals surface area contributed by atoms with Gasteiger partial charge in [0, 0.05) is 6.42 Å². The number of halogens is 12. The maximum atomic E-state index is 13.5. The number of nitrogens with two attached hydrogens (primary N) is 1. The van der Waals surface area contributed by atoms with Crippen molar-refractivity contribution < 1.29 is 62.2 Å². The fourth-order valence-corrected chi connectivity index (χ4v) is 5.32. The van der Waals surface area contributed by atoms with Crippen LogP contribution in [0, 0.1) is 0 Å². The van der Waals surface area contributed by atoms with Crippen LogP contribution in [-0.4, -0.2) is 5.79 Å². The Bertz CT molecular complexity index is 1340. The second-order valence-electron chi connectivity index (χ2n) is 10.7. The van der Waals surface area contributed by atoms with E-state index in [0.29, 0.717) is 42.7 Å². The van der Waals surface area contributed by atoms with Gasteiger partial charge in [0.2, 0.25) is 0 Å². The Labute approximate surface area is 248 Å². The molecule has 15 heteroatoms. The van der Waals surface area contributed by atoms with E-state index in [1.807, 2.05) is 0 Å². The average molecular weight is 660 g/mol. The van der Waals surface area contributed by atoms with Crippen LogP contribution < -0.4 is 5.73 Å². The van der Waals surface area contributed by atoms with Crippen molar-refractivity contribution in [3.63, 3.8) is 0 Å². The van der Waals surface area contributed by atoms with E-state index in [-0.39, 0.29) is 25.0 Å². The van der Waals surface area contributed by atoms with Crippen molar-refractivity contribution in [2.45, 2.75) is 74.9 Å². The molecule has 1 fully saturated rings. The Kier molecular flexibility index (Phi) is 9.32. The van der Waals surface area contributed by atoms with Crippen molar-refractivity contribution in [2.24, 2.45) is 5.73 Å². The third-order valence-electron chi connectivity index (χ3n) is 7.53. The quantitative estimate of drug-likeness (QED) is 0.203. The predicted molar refractivity (Wildman–Crippen MR) is 136 cm³/mol. The summed E-state index contributed by atoms with van der Waals surface area (Å²) >= 11 is 0. The maximum Gasteiger partial charge on any atom is 0.416 e. The summed E-state index contributed by atoms with van der Waals surface area (Å²) in [5, 5.41) is 0. The van der Waals surface area contributed by atoms with E-state index >= 15 is 0 Å². The Hall–Kier alpha value is -3.30. The van der Waals surface area contributed by atoms with E-state index in [2.05, 4.69) is 0 Å². The fourth-order valence-electron chi connectivity index (χ4n) is 5.32. The monoisotopic (exact) mass is 659 g/mol. The van der Waals surface area contributed by atoms with Crippen LogP contribution in [0.1, 0.15) is 64.6 Å². The molecule has 246 valence electrons. The van der Waals surface area contributed by atoms with Crippen LogP contribution in [0.25, 0.3) is 0 Å². The van der Waals surface area contributed by atoms with E-state index in [4.69, 9.17) is 15.2 Å². The zero-order valence-corrected chi connectivity index (χ0v) is 23.0. The van der Waals surface area contributed by atoms with Crippen molar-refractivity contribution in [1.29, 1.82) is 0 Å². The number of alkyl halides is 12. The highest BCUT2D eigenvalue weighted by molar-refractivity contribution is 5.35. The lowest BCUT2D eigenvalue weighted by atomic mass is 9.72. The van der Waals surface area contributed by atoms with Crippen LogP contribution in [-0.2, 0) is 52.9 Å². The van der Waals surface area contributed by atoms with Gasteiger partial charge in [0.25, 0.3) is 0 Å². The van der Waals surface area contributed by atoms with Gasteiger partial charge in [-0.1, -0.05) is 36.8 Å². The topological polar surface area (TPSA) is 44.5 Å². The summed E-state index contributed by atoms with van der Waals surface area (Å²) in [5.74, 6) is -2.11. The van der Waals surface area contributed by atoms with Crippen LogP contribution in [0.5, 0.6) is 0 Å². The number of ether oxygens (including phenoxy) is 2. The largest absolute Gasteiger partial charge is 0.416 e. The van der Waals surface area contributed by atoms with Gasteiger partial charge in [-0.25, -0.2) is 0 Å².